The molecule has 0 saturated heterocycles. The molecule has 0 spiro atoms. The second-order valence-corrected chi connectivity index (χ2v) is 6.58. The van der Waals surface area contributed by atoms with E-state index < -0.39 is 0 Å². The number of aryl methyl sites for hydroxylation is 1. The van der Waals surface area contributed by atoms with Gasteiger partial charge in [-0.05, 0) is 24.8 Å². The van der Waals surface area contributed by atoms with Crippen molar-refractivity contribution in [2.24, 2.45) is 0 Å². The topological polar surface area (TPSA) is 26.3 Å². The summed E-state index contributed by atoms with van der Waals surface area (Å²) in [6.07, 6.45) is 13.7. The van der Waals surface area contributed by atoms with Crippen LogP contribution in [-0.2, 0) is 16.0 Å². The Kier molecular flexibility index (Phi) is 13.4. The molecule has 138 valence electrons. The second kappa shape index (κ2) is 15.8. The molecular weight excluding hydrogens is 308 g/mol. The zero-order valence-corrected chi connectivity index (χ0v) is 15.9. The molecule has 2 nitrogen and oxygen atoms in total. The summed E-state index contributed by atoms with van der Waals surface area (Å²) in [5.74, 6) is 5.92. The van der Waals surface area contributed by atoms with Crippen molar-refractivity contribution in [1.29, 1.82) is 0 Å². The Hall–Kier alpha value is -1.75. The Bertz CT molecular complexity index is 496. The lowest BCUT2D eigenvalue weighted by molar-refractivity contribution is -0.142. The summed E-state index contributed by atoms with van der Waals surface area (Å²) in [6, 6.07) is 10.2. The molecule has 1 aromatic rings. The summed E-state index contributed by atoms with van der Waals surface area (Å²) in [4.78, 5) is 11.6. The van der Waals surface area contributed by atoms with E-state index in [0.29, 0.717) is 6.42 Å². The van der Waals surface area contributed by atoms with E-state index in [4.69, 9.17) is 4.74 Å². The van der Waals surface area contributed by atoms with Gasteiger partial charge in [0.2, 0.25) is 0 Å². The van der Waals surface area contributed by atoms with Gasteiger partial charge in [0.05, 0.1) is 0 Å². The fourth-order valence-corrected chi connectivity index (χ4v) is 2.76. The van der Waals surface area contributed by atoms with E-state index in [1.165, 1.54) is 50.5 Å². The molecule has 1 aromatic carbocycles. The number of unbranched alkanes of at least 4 members (excludes halogenated alkanes) is 8. The van der Waals surface area contributed by atoms with Crippen LogP contribution in [0.1, 0.15) is 83.1 Å². The van der Waals surface area contributed by atoms with Gasteiger partial charge in [-0.3, -0.25) is 4.79 Å². The van der Waals surface area contributed by atoms with Crippen molar-refractivity contribution in [1.82, 2.24) is 0 Å². The van der Waals surface area contributed by atoms with E-state index >= 15 is 0 Å². The van der Waals surface area contributed by atoms with Crippen LogP contribution in [0.5, 0.6) is 0 Å². The molecule has 0 saturated carbocycles. The Labute approximate surface area is 154 Å². The maximum absolute atomic E-state index is 11.6. The van der Waals surface area contributed by atoms with Crippen molar-refractivity contribution in [3.05, 3.63) is 35.9 Å². The van der Waals surface area contributed by atoms with Gasteiger partial charge in [-0.2, -0.15) is 0 Å². The first kappa shape index (κ1) is 21.3. The van der Waals surface area contributed by atoms with Gasteiger partial charge in [-0.25, -0.2) is 0 Å². The molecule has 0 aromatic heterocycles. The number of ether oxygens (including phenoxy) is 1. The highest BCUT2D eigenvalue weighted by Gasteiger charge is 2.01. The van der Waals surface area contributed by atoms with Gasteiger partial charge in [0.15, 0.2) is 6.61 Å². The van der Waals surface area contributed by atoms with Gasteiger partial charge in [0, 0.05) is 12.8 Å². The van der Waals surface area contributed by atoms with Crippen LogP contribution in [0, 0.1) is 11.8 Å². The molecule has 0 amide bonds. The van der Waals surface area contributed by atoms with E-state index in [0.717, 1.165) is 25.7 Å². The largest absolute Gasteiger partial charge is 0.452 e. The second-order valence-electron chi connectivity index (χ2n) is 6.58. The highest BCUT2D eigenvalue weighted by molar-refractivity contribution is 5.69. The summed E-state index contributed by atoms with van der Waals surface area (Å²) < 4.78 is 5.15. The fraction of sp³-hybridized carbons (Fsp3) is 0.609. The lowest BCUT2D eigenvalue weighted by Gasteiger charge is -2.01. The molecule has 2 heteroatoms. The Morgan fingerprint density at radius 1 is 0.880 bits per heavy atom. The first-order chi connectivity index (χ1) is 12.3. The third-order valence-electron chi connectivity index (χ3n) is 4.27. The third-order valence-corrected chi connectivity index (χ3v) is 4.27. The first-order valence-corrected chi connectivity index (χ1v) is 9.98. The number of carbonyl (C=O) groups is 1. The Morgan fingerprint density at radius 3 is 2.28 bits per heavy atom. The highest BCUT2D eigenvalue weighted by Crippen LogP contribution is 2.09. The van der Waals surface area contributed by atoms with Crippen molar-refractivity contribution in [3.63, 3.8) is 0 Å². The minimum absolute atomic E-state index is 0.141. The molecule has 0 atom stereocenters. The predicted molar refractivity (Wildman–Crippen MR) is 105 cm³/mol. The molecule has 0 unspecified atom stereocenters. The van der Waals surface area contributed by atoms with Gasteiger partial charge in [-0.1, -0.05) is 94.0 Å². The molecule has 25 heavy (non-hydrogen) atoms. The van der Waals surface area contributed by atoms with Crippen LogP contribution in [0.4, 0.5) is 0 Å². The van der Waals surface area contributed by atoms with Crippen LogP contribution in [0.3, 0.4) is 0 Å². The molecule has 0 aliphatic rings. The lowest BCUT2D eigenvalue weighted by atomic mass is 10.1. The van der Waals surface area contributed by atoms with Crippen molar-refractivity contribution >= 4 is 5.97 Å². The maximum atomic E-state index is 11.6. The normalized spacial score (nSPS) is 10.1. The van der Waals surface area contributed by atoms with Crippen LogP contribution in [0.15, 0.2) is 30.3 Å². The summed E-state index contributed by atoms with van der Waals surface area (Å²) in [5, 5.41) is 0. The molecule has 0 aliphatic heterocycles. The van der Waals surface area contributed by atoms with E-state index in [1.807, 2.05) is 18.2 Å². The molecule has 0 fully saturated rings. The van der Waals surface area contributed by atoms with Gasteiger partial charge in [0.25, 0.3) is 0 Å². The smallest absolute Gasteiger partial charge is 0.306 e. The fourth-order valence-electron chi connectivity index (χ4n) is 2.76. The van der Waals surface area contributed by atoms with Crippen LogP contribution < -0.4 is 0 Å². The zero-order valence-electron chi connectivity index (χ0n) is 15.9. The first-order valence-electron chi connectivity index (χ1n) is 9.98. The summed E-state index contributed by atoms with van der Waals surface area (Å²) >= 11 is 0. The number of carbonyl (C=O) groups excluding carboxylic acids is 1. The van der Waals surface area contributed by atoms with Crippen molar-refractivity contribution in [2.45, 2.75) is 84.0 Å². The highest BCUT2D eigenvalue weighted by atomic mass is 16.5. The van der Waals surface area contributed by atoms with Gasteiger partial charge < -0.3 is 4.74 Å². The number of rotatable bonds is 13. The van der Waals surface area contributed by atoms with Crippen molar-refractivity contribution < 1.29 is 9.53 Å². The number of esters is 1. The Balaban J connectivity index is 1.90. The quantitative estimate of drug-likeness (QED) is 0.246. The minimum atomic E-state index is -0.141. The molecular formula is C23H34O2. The van der Waals surface area contributed by atoms with E-state index in [2.05, 4.69) is 30.9 Å². The van der Waals surface area contributed by atoms with Crippen LogP contribution in [0.25, 0.3) is 0 Å². The number of hydrogen-bond donors (Lipinski definition) is 0. The summed E-state index contributed by atoms with van der Waals surface area (Å²) in [5.41, 5.74) is 1.26. The Morgan fingerprint density at radius 2 is 1.56 bits per heavy atom. The summed E-state index contributed by atoms with van der Waals surface area (Å²) in [7, 11) is 0. The molecule has 1 rings (SSSR count). The van der Waals surface area contributed by atoms with E-state index in [1.54, 1.807) is 0 Å². The van der Waals surface area contributed by atoms with Gasteiger partial charge in [-0.15, -0.1) is 0 Å². The molecule has 0 heterocycles. The van der Waals surface area contributed by atoms with Crippen LogP contribution in [-0.4, -0.2) is 12.6 Å². The maximum Gasteiger partial charge on any atom is 0.306 e. The predicted octanol–water partition coefficient (Wildman–Crippen LogP) is 6.09. The minimum Gasteiger partial charge on any atom is -0.452 e. The standard InChI is InChI=1S/C23H34O2/c1-2-3-4-5-6-7-8-9-10-11-15-21-25-23(24)20-16-19-22-17-13-12-14-18-22/h12-14,17-18H,2-10,16,19-21H2,1H3. The SMILES string of the molecule is CCCCCCCCCCC#CCOC(=O)CCCc1ccccc1. The van der Waals surface area contributed by atoms with E-state index in [-0.39, 0.29) is 12.6 Å². The molecule has 0 radical (unpaired) electrons. The molecule has 0 N–H and O–H groups in total. The van der Waals surface area contributed by atoms with Crippen molar-refractivity contribution in [2.75, 3.05) is 6.61 Å². The average Bonchev–Trinajstić information content (AvgIpc) is 2.63. The number of benzene rings is 1. The zero-order chi connectivity index (χ0) is 18.0. The van der Waals surface area contributed by atoms with Gasteiger partial charge in [0.1, 0.15) is 0 Å². The third kappa shape index (κ3) is 13.2. The van der Waals surface area contributed by atoms with Crippen molar-refractivity contribution in [3.8, 4) is 11.8 Å². The van der Waals surface area contributed by atoms with Crippen LogP contribution >= 0.6 is 0 Å². The summed E-state index contributed by atoms with van der Waals surface area (Å²) in [6.45, 7) is 2.49. The average molecular weight is 343 g/mol. The van der Waals surface area contributed by atoms with Gasteiger partial charge >= 0.3 is 5.97 Å². The van der Waals surface area contributed by atoms with Crippen LogP contribution in [0.2, 0.25) is 0 Å². The van der Waals surface area contributed by atoms with E-state index in [9.17, 15) is 4.79 Å². The molecule has 0 bridgehead atoms. The monoisotopic (exact) mass is 342 g/mol. The number of hydrogen-bond acceptors (Lipinski definition) is 2. The molecule has 0 aliphatic carbocycles. The lowest BCUT2D eigenvalue weighted by Crippen LogP contribution is -2.05.